The van der Waals surface area contributed by atoms with E-state index in [4.69, 9.17) is 4.74 Å². The van der Waals surface area contributed by atoms with Crippen LogP contribution >= 0.6 is 0 Å². The molecule has 0 fully saturated rings. The van der Waals surface area contributed by atoms with Gasteiger partial charge >= 0.3 is 0 Å². The third kappa shape index (κ3) is 6.74. The Hall–Kier alpha value is -2.29. The van der Waals surface area contributed by atoms with Crippen molar-refractivity contribution in [3.8, 4) is 0 Å². The molecule has 1 atom stereocenters. The summed E-state index contributed by atoms with van der Waals surface area (Å²) >= 11 is 0. The van der Waals surface area contributed by atoms with Crippen molar-refractivity contribution in [1.82, 2.24) is 10.0 Å². The molecule has 0 aliphatic heterocycles. The Morgan fingerprint density at radius 2 is 1.78 bits per heavy atom. The van der Waals surface area contributed by atoms with Gasteiger partial charge in [-0.2, -0.15) is 4.72 Å². The van der Waals surface area contributed by atoms with E-state index in [9.17, 15) is 17.6 Å². The van der Waals surface area contributed by atoms with Crippen molar-refractivity contribution in [2.24, 2.45) is 0 Å². The van der Waals surface area contributed by atoms with E-state index in [1.807, 2.05) is 30.3 Å². The molecule has 0 radical (unpaired) electrons. The van der Waals surface area contributed by atoms with Gasteiger partial charge in [-0.1, -0.05) is 30.3 Å². The molecule has 0 unspecified atom stereocenters. The van der Waals surface area contributed by atoms with Gasteiger partial charge in [0.1, 0.15) is 11.9 Å². The zero-order valence-electron chi connectivity index (χ0n) is 15.0. The topological polar surface area (TPSA) is 84.5 Å². The Balaban J connectivity index is 2.15. The first kappa shape index (κ1) is 21.0. The Bertz CT molecular complexity index is 827. The monoisotopic (exact) mass is 394 g/mol. The minimum Gasteiger partial charge on any atom is -0.385 e. The summed E-state index contributed by atoms with van der Waals surface area (Å²) in [6, 6.07) is 12.6. The molecule has 0 bridgehead atoms. The van der Waals surface area contributed by atoms with E-state index in [0.29, 0.717) is 19.6 Å². The van der Waals surface area contributed by atoms with Crippen molar-refractivity contribution in [2.45, 2.75) is 23.8 Å². The van der Waals surface area contributed by atoms with E-state index in [-0.39, 0.29) is 11.3 Å². The summed E-state index contributed by atoms with van der Waals surface area (Å²) in [5.74, 6) is -0.966. The predicted molar refractivity (Wildman–Crippen MR) is 100 cm³/mol. The van der Waals surface area contributed by atoms with Gasteiger partial charge in [0.2, 0.25) is 15.9 Å². The molecule has 2 rings (SSSR count). The summed E-state index contributed by atoms with van der Waals surface area (Å²) in [4.78, 5) is 12.4. The molecule has 6 nitrogen and oxygen atoms in total. The van der Waals surface area contributed by atoms with E-state index in [1.54, 1.807) is 7.11 Å². The second kappa shape index (κ2) is 10.1. The molecule has 1 amide bonds. The lowest BCUT2D eigenvalue weighted by atomic mass is 10.1. The molecule has 2 aromatic carbocycles. The lowest BCUT2D eigenvalue weighted by Crippen LogP contribution is -2.48. The number of benzene rings is 2. The molecule has 0 saturated carbocycles. The summed E-state index contributed by atoms with van der Waals surface area (Å²) in [5.41, 5.74) is 0.816. The van der Waals surface area contributed by atoms with Crippen molar-refractivity contribution in [2.75, 3.05) is 20.3 Å². The van der Waals surface area contributed by atoms with Gasteiger partial charge in [0.05, 0.1) is 4.90 Å². The zero-order valence-corrected chi connectivity index (χ0v) is 15.8. The molecule has 2 aromatic rings. The first-order chi connectivity index (χ1) is 12.9. The number of rotatable bonds is 10. The molecule has 0 saturated heterocycles. The minimum absolute atomic E-state index is 0.103. The highest BCUT2D eigenvalue weighted by atomic mass is 32.2. The van der Waals surface area contributed by atoms with Crippen LogP contribution in [0.15, 0.2) is 59.5 Å². The normalized spacial score (nSPS) is 12.5. The Labute approximate surface area is 158 Å². The molecule has 146 valence electrons. The number of hydrogen-bond acceptors (Lipinski definition) is 4. The van der Waals surface area contributed by atoms with Crippen molar-refractivity contribution in [3.63, 3.8) is 0 Å². The van der Waals surface area contributed by atoms with Crippen LogP contribution in [0.3, 0.4) is 0 Å². The van der Waals surface area contributed by atoms with Crippen LogP contribution in [0.4, 0.5) is 4.39 Å². The van der Waals surface area contributed by atoms with Crippen molar-refractivity contribution in [3.05, 3.63) is 66.0 Å². The number of methoxy groups -OCH3 is 1. The van der Waals surface area contributed by atoms with Gasteiger partial charge in [-0.25, -0.2) is 12.8 Å². The lowest BCUT2D eigenvalue weighted by molar-refractivity contribution is -0.122. The highest BCUT2D eigenvalue weighted by Crippen LogP contribution is 2.12. The molecule has 8 heteroatoms. The maximum atomic E-state index is 13.1. The zero-order chi connectivity index (χ0) is 19.7. The van der Waals surface area contributed by atoms with Gasteiger partial charge in [0.25, 0.3) is 0 Å². The van der Waals surface area contributed by atoms with E-state index < -0.39 is 27.8 Å². The third-order valence-corrected chi connectivity index (χ3v) is 5.33. The third-order valence-electron chi connectivity index (χ3n) is 3.84. The first-order valence-corrected chi connectivity index (χ1v) is 9.99. The number of carbonyl (C=O) groups excluding carboxylic acids is 1. The Morgan fingerprint density at radius 3 is 2.41 bits per heavy atom. The van der Waals surface area contributed by atoms with Crippen LogP contribution < -0.4 is 10.0 Å². The van der Waals surface area contributed by atoms with E-state index in [1.165, 1.54) is 0 Å². The summed E-state index contributed by atoms with van der Waals surface area (Å²) in [7, 11) is -2.41. The molecule has 0 spiro atoms. The van der Waals surface area contributed by atoms with Crippen molar-refractivity contribution in [1.29, 1.82) is 0 Å². The van der Waals surface area contributed by atoms with E-state index in [2.05, 4.69) is 10.0 Å². The number of nitrogens with one attached hydrogen (secondary N) is 2. The quantitative estimate of drug-likeness (QED) is 0.603. The van der Waals surface area contributed by atoms with Crippen LogP contribution in [-0.2, 0) is 26.0 Å². The highest BCUT2D eigenvalue weighted by molar-refractivity contribution is 7.89. The first-order valence-electron chi connectivity index (χ1n) is 8.51. The van der Waals surface area contributed by atoms with Crippen LogP contribution in [-0.4, -0.2) is 40.6 Å². The van der Waals surface area contributed by atoms with Crippen molar-refractivity contribution < 1.29 is 22.3 Å². The van der Waals surface area contributed by atoms with Crippen molar-refractivity contribution >= 4 is 15.9 Å². The summed E-state index contributed by atoms with van der Waals surface area (Å²) in [6.07, 6.45) is 0.808. The highest BCUT2D eigenvalue weighted by Gasteiger charge is 2.26. The molecule has 0 heterocycles. The molecular weight excluding hydrogens is 371 g/mol. The summed E-state index contributed by atoms with van der Waals surface area (Å²) in [6.45, 7) is 0.862. The minimum atomic E-state index is -3.98. The van der Waals surface area contributed by atoms with Crippen LogP contribution in [0.5, 0.6) is 0 Å². The number of halogens is 1. The number of amides is 1. The van der Waals surface area contributed by atoms with Crippen LogP contribution in [0.2, 0.25) is 0 Å². The van der Waals surface area contributed by atoms with Crippen LogP contribution in [0.1, 0.15) is 12.0 Å². The number of ether oxygens (including phenoxy) is 1. The summed E-state index contributed by atoms with van der Waals surface area (Å²) < 4.78 is 45.6. The van der Waals surface area contributed by atoms with Gasteiger partial charge in [-0.15, -0.1) is 0 Å². The maximum Gasteiger partial charge on any atom is 0.241 e. The van der Waals surface area contributed by atoms with Crippen LogP contribution in [0.25, 0.3) is 0 Å². The predicted octanol–water partition coefficient (Wildman–Crippen LogP) is 1.87. The van der Waals surface area contributed by atoms with E-state index in [0.717, 1.165) is 29.8 Å². The van der Waals surface area contributed by atoms with E-state index >= 15 is 0 Å². The van der Waals surface area contributed by atoms with Crippen LogP contribution in [0, 0.1) is 5.82 Å². The Kier molecular flexibility index (Phi) is 7.90. The fourth-order valence-corrected chi connectivity index (χ4v) is 3.65. The molecule has 2 N–H and O–H groups in total. The fourth-order valence-electron chi connectivity index (χ4n) is 2.46. The number of sulfonamides is 1. The SMILES string of the molecule is COCCCNC(=O)[C@H](Cc1ccccc1)NS(=O)(=O)c1ccc(F)cc1. The van der Waals surface area contributed by atoms with Gasteiger partial charge in [0.15, 0.2) is 0 Å². The van der Waals surface area contributed by atoms with Gasteiger partial charge < -0.3 is 10.1 Å². The Morgan fingerprint density at radius 1 is 1.11 bits per heavy atom. The fraction of sp³-hybridized carbons (Fsp3) is 0.316. The average Bonchev–Trinajstić information content (AvgIpc) is 2.65. The maximum absolute atomic E-state index is 13.1. The molecular formula is C19H23FN2O4S. The summed E-state index contributed by atoms with van der Waals surface area (Å²) in [5, 5.41) is 2.72. The number of carbonyl (C=O) groups is 1. The van der Waals surface area contributed by atoms with Gasteiger partial charge in [-0.05, 0) is 42.7 Å². The second-order valence-electron chi connectivity index (χ2n) is 5.95. The molecule has 0 aromatic heterocycles. The molecule has 27 heavy (non-hydrogen) atoms. The number of hydrogen-bond donors (Lipinski definition) is 2. The average molecular weight is 394 g/mol. The second-order valence-corrected chi connectivity index (χ2v) is 7.67. The lowest BCUT2D eigenvalue weighted by Gasteiger charge is -2.19. The van der Waals surface area contributed by atoms with Gasteiger partial charge in [0, 0.05) is 20.3 Å². The smallest absolute Gasteiger partial charge is 0.241 e. The molecule has 0 aliphatic rings. The molecule has 0 aliphatic carbocycles. The standard InChI is InChI=1S/C19H23FN2O4S/c1-26-13-5-12-21-19(23)18(14-15-6-3-2-4-7-15)22-27(24,25)17-10-8-16(20)9-11-17/h2-4,6-11,18,22H,5,12-14H2,1H3,(H,21,23)/t18-/m0/s1. The largest absolute Gasteiger partial charge is 0.385 e. The van der Waals surface area contributed by atoms with Gasteiger partial charge in [-0.3, -0.25) is 4.79 Å².